The number of benzene rings is 1. The number of thiophene rings is 1. The van der Waals surface area contributed by atoms with E-state index in [1.165, 1.54) is 16.5 Å². The van der Waals surface area contributed by atoms with Crippen LogP contribution in [0.2, 0.25) is 0 Å². The highest BCUT2D eigenvalue weighted by molar-refractivity contribution is 8.00. The Balaban J connectivity index is 1.74. The van der Waals surface area contributed by atoms with Gasteiger partial charge in [-0.3, -0.25) is 4.79 Å². The minimum absolute atomic E-state index is 0.0885. The van der Waals surface area contributed by atoms with Crippen molar-refractivity contribution in [2.45, 2.75) is 41.7 Å². The lowest BCUT2D eigenvalue weighted by Crippen LogP contribution is -2.26. The molecule has 0 spiro atoms. The fraction of sp³-hybridized carbons (Fsp3) is 0.353. The predicted molar refractivity (Wildman–Crippen MR) is 103 cm³/mol. The molecule has 2 aromatic rings. The standard InChI is InChI=1S/C17H20N2O3S3/c1-11-6-8-23-15(11)5-7-18-25(21,22)13-3-4-16-14(10-13)19-17(20)9-12(2)24-16/h3-4,6,8,10,12,18H,5,7,9H2,1-2H3,(H,19,20)/t12-/m0/s1. The Bertz CT molecular complexity index is 890. The summed E-state index contributed by atoms with van der Waals surface area (Å²) in [4.78, 5) is 14.1. The van der Waals surface area contributed by atoms with Crippen molar-refractivity contribution in [1.82, 2.24) is 4.72 Å². The third-order valence-electron chi connectivity index (χ3n) is 3.95. The van der Waals surface area contributed by atoms with Crippen LogP contribution in [0.25, 0.3) is 0 Å². The average molecular weight is 397 g/mol. The highest BCUT2D eigenvalue weighted by Crippen LogP contribution is 2.36. The Morgan fingerprint density at radius 3 is 2.84 bits per heavy atom. The summed E-state index contributed by atoms with van der Waals surface area (Å²) < 4.78 is 27.7. The molecule has 0 bridgehead atoms. The molecule has 8 heteroatoms. The molecule has 1 aromatic carbocycles. The maximum absolute atomic E-state index is 12.5. The van der Waals surface area contributed by atoms with Crippen molar-refractivity contribution < 1.29 is 13.2 Å². The largest absolute Gasteiger partial charge is 0.325 e. The lowest BCUT2D eigenvalue weighted by Gasteiger charge is -2.11. The van der Waals surface area contributed by atoms with Crippen LogP contribution >= 0.6 is 23.1 Å². The number of carbonyl (C=O) groups is 1. The number of aryl methyl sites for hydroxylation is 1. The first-order valence-electron chi connectivity index (χ1n) is 7.98. The maximum Gasteiger partial charge on any atom is 0.240 e. The fourth-order valence-electron chi connectivity index (χ4n) is 2.64. The van der Waals surface area contributed by atoms with Gasteiger partial charge in [0.1, 0.15) is 0 Å². The van der Waals surface area contributed by atoms with Crippen molar-refractivity contribution in [3.63, 3.8) is 0 Å². The van der Waals surface area contributed by atoms with Gasteiger partial charge in [0, 0.05) is 28.0 Å². The first-order chi connectivity index (χ1) is 11.8. The lowest BCUT2D eigenvalue weighted by atomic mass is 10.2. The van der Waals surface area contributed by atoms with Crippen molar-refractivity contribution in [3.8, 4) is 0 Å². The van der Waals surface area contributed by atoms with Gasteiger partial charge in [0.25, 0.3) is 0 Å². The summed E-state index contributed by atoms with van der Waals surface area (Å²) in [6.45, 7) is 4.35. The number of hydrogen-bond acceptors (Lipinski definition) is 5. The highest BCUT2D eigenvalue weighted by Gasteiger charge is 2.22. The van der Waals surface area contributed by atoms with E-state index >= 15 is 0 Å². The van der Waals surface area contributed by atoms with Gasteiger partial charge in [0.05, 0.1) is 10.6 Å². The third kappa shape index (κ3) is 4.44. The van der Waals surface area contributed by atoms with Crippen LogP contribution in [0.3, 0.4) is 0 Å². The van der Waals surface area contributed by atoms with Crippen molar-refractivity contribution in [2.24, 2.45) is 0 Å². The molecular formula is C17H20N2O3S3. The molecule has 0 aliphatic carbocycles. The summed E-state index contributed by atoms with van der Waals surface area (Å²) in [5, 5.41) is 4.97. The Labute approximate surface area is 156 Å². The molecule has 1 amide bonds. The summed E-state index contributed by atoms with van der Waals surface area (Å²) in [5.74, 6) is -0.0885. The van der Waals surface area contributed by atoms with E-state index in [0.29, 0.717) is 25.1 Å². The molecule has 25 heavy (non-hydrogen) atoms. The van der Waals surface area contributed by atoms with Crippen LogP contribution in [0.15, 0.2) is 39.4 Å². The monoisotopic (exact) mass is 396 g/mol. The van der Waals surface area contributed by atoms with Gasteiger partial charge in [-0.2, -0.15) is 0 Å². The van der Waals surface area contributed by atoms with E-state index in [0.717, 1.165) is 4.90 Å². The number of nitrogens with one attached hydrogen (secondary N) is 2. The van der Waals surface area contributed by atoms with Crippen molar-refractivity contribution in [1.29, 1.82) is 0 Å². The van der Waals surface area contributed by atoms with Crippen LogP contribution < -0.4 is 10.0 Å². The zero-order chi connectivity index (χ0) is 18.0. The van der Waals surface area contributed by atoms with E-state index in [2.05, 4.69) is 10.0 Å². The van der Waals surface area contributed by atoms with Gasteiger partial charge in [-0.05, 0) is 48.6 Å². The van der Waals surface area contributed by atoms with Gasteiger partial charge in [-0.1, -0.05) is 6.92 Å². The van der Waals surface area contributed by atoms with Gasteiger partial charge in [-0.25, -0.2) is 13.1 Å². The van der Waals surface area contributed by atoms with E-state index in [4.69, 9.17) is 0 Å². The molecule has 2 heterocycles. The molecule has 134 valence electrons. The number of hydrogen-bond donors (Lipinski definition) is 2. The SMILES string of the molecule is Cc1ccsc1CCNS(=O)(=O)c1ccc2c(c1)NC(=O)C[C@H](C)S2. The Morgan fingerprint density at radius 2 is 2.12 bits per heavy atom. The maximum atomic E-state index is 12.5. The van der Waals surface area contributed by atoms with Crippen molar-refractivity contribution >= 4 is 44.7 Å². The molecule has 0 fully saturated rings. The molecule has 1 aliphatic rings. The van der Waals surface area contributed by atoms with Gasteiger partial charge in [0.2, 0.25) is 15.9 Å². The predicted octanol–water partition coefficient (Wildman–Crippen LogP) is 3.40. The summed E-state index contributed by atoms with van der Waals surface area (Å²) >= 11 is 3.21. The molecule has 2 N–H and O–H groups in total. The smallest absolute Gasteiger partial charge is 0.240 e. The number of anilines is 1. The number of sulfonamides is 1. The number of fused-ring (bicyclic) bond motifs is 1. The molecule has 3 rings (SSSR count). The fourth-order valence-corrected chi connectivity index (χ4v) is 5.66. The molecule has 5 nitrogen and oxygen atoms in total. The van der Waals surface area contributed by atoms with Crippen LogP contribution in [0, 0.1) is 6.92 Å². The van der Waals surface area contributed by atoms with Gasteiger partial charge >= 0.3 is 0 Å². The van der Waals surface area contributed by atoms with Crippen LogP contribution in [0.5, 0.6) is 0 Å². The van der Waals surface area contributed by atoms with Gasteiger partial charge in [-0.15, -0.1) is 23.1 Å². The van der Waals surface area contributed by atoms with E-state index in [1.807, 2.05) is 25.3 Å². The summed E-state index contributed by atoms with van der Waals surface area (Å²) in [6, 6.07) is 6.92. The Hall–Kier alpha value is -1.35. The second-order valence-corrected chi connectivity index (χ2v) is 10.3. The molecule has 1 atom stereocenters. The first-order valence-corrected chi connectivity index (χ1v) is 11.2. The third-order valence-corrected chi connectivity index (χ3v) is 7.67. The highest BCUT2D eigenvalue weighted by atomic mass is 32.2. The molecule has 0 radical (unpaired) electrons. The summed E-state index contributed by atoms with van der Waals surface area (Å²) in [7, 11) is -3.61. The second-order valence-electron chi connectivity index (χ2n) is 6.01. The molecular weight excluding hydrogens is 376 g/mol. The Morgan fingerprint density at radius 1 is 1.32 bits per heavy atom. The van der Waals surface area contributed by atoms with E-state index in [9.17, 15) is 13.2 Å². The topological polar surface area (TPSA) is 75.3 Å². The number of rotatable bonds is 5. The molecule has 1 aromatic heterocycles. The molecule has 0 saturated heterocycles. The summed E-state index contributed by atoms with van der Waals surface area (Å²) in [5.41, 5.74) is 1.75. The number of carbonyl (C=O) groups excluding carboxylic acids is 1. The second kappa shape index (κ2) is 7.49. The molecule has 0 unspecified atom stereocenters. The quantitative estimate of drug-likeness (QED) is 0.812. The van der Waals surface area contributed by atoms with Gasteiger partial charge < -0.3 is 5.32 Å². The Kier molecular flexibility index (Phi) is 5.52. The lowest BCUT2D eigenvalue weighted by molar-refractivity contribution is -0.116. The number of amides is 1. The average Bonchev–Trinajstić information content (AvgIpc) is 2.86. The van der Waals surface area contributed by atoms with Crippen LogP contribution in [-0.2, 0) is 21.2 Å². The van der Waals surface area contributed by atoms with Crippen LogP contribution in [-0.4, -0.2) is 26.1 Å². The summed E-state index contributed by atoms with van der Waals surface area (Å²) in [6.07, 6.45) is 1.08. The van der Waals surface area contributed by atoms with E-state index in [-0.39, 0.29) is 16.1 Å². The van der Waals surface area contributed by atoms with Crippen molar-refractivity contribution in [2.75, 3.05) is 11.9 Å². The van der Waals surface area contributed by atoms with Crippen molar-refractivity contribution in [3.05, 3.63) is 40.1 Å². The minimum atomic E-state index is -3.61. The minimum Gasteiger partial charge on any atom is -0.325 e. The number of thioether (sulfide) groups is 1. The van der Waals surface area contributed by atoms with E-state index in [1.54, 1.807) is 35.2 Å². The molecule has 1 aliphatic heterocycles. The van der Waals surface area contributed by atoms with Crippen LogP contribution in [0.4, 0.5) is 5.69 Å². The first kappa shape index (κ1) is 18.4. The van der Waals surface area contributed by atoms with Crippen LogP contribution in [0.1, 0.15) is 23.8 Å². The normalized spacial score (nSPS) is 17.7. The van der Waals surface area contributed by atoms with Gasteiger partial charge in [0.15, 0.2) is 0 Å². The van der Waals surface area contributed by atoms with E-state index < -0.39 is 10.0 Å². The zero-order valence-electron chi connectivity index (χ0n) is 14.0. The zero-order valence-corrected chi connectivity index (χ0v) is 16.5. The molecule has 0 saturated carbocycles.